The molecule has 8 nitrogen and oxygen atoms in total. The maximum atomic E-state index is 14.0. The molecule has 8 heteroatoms. The van der Waals surface area contributed by atoms with Gasteiger partial charge in [-0.25, -0.2) is 4.98 Å². The minimum absolute atomic E-state index is 0.0832. The SMILES string of the molecule is COc1cc2nc(N3CCC(Cc4ccccc4)(C(=O)NC(C)c4ccc(C)cc4)CC3)nc(N)c2cc1OC. The first-order chi connectivity index (χ1) is 19.3. The molecular weight excluding hydrogens is 502 g/mol. The van der Waals surface area contributed by atoms with Gasteiger partial charge in [-0.2, -0.15) is 4.98 Å². The summed E-state index contributed by atoms with van der Waals surface area (Å²) in [7, 11) is 3.18. The van der Waals surface area contributed by atoms with E-state index in [4.69, 9.17) is 20.2 Å². The lowest BCUT2D eigenvalue weighted by molar-refractivity contribution is -0.133. The van der Waals surface area contributed by atoms with Gasteiger partial charge in [0, 0.05) is 24.5 Å². The first-order valence-corrected chi connectivity index (χ1v) is 13.7. The molecule has 0 bridgehead atoms. The van der Waals surface area contributed by atoms with Crippen LogP contribution in [0.3, 0.4) is 0 Å². The third kappa shape index (κ3) is 5.52. The molecule has 2 heterocycles. The van der Waals surface area contributed by atoms with E-state index in [1.165, 1.54) is 5.56 Å². The summed E-state index contributed by atoms with van der Waals surface area (Å²) in [6.45, 7) is 5.38. The zero-order chi connectivity index (χ0) is 28.3. The van der Waals surface area contributed by atoms with Gasteiger partial charge >= 0.3 is 0 Å². The molecule has 208 valence electrons. The van der Waals surface area contributed by atoms with Crippen molar-refractivity contribution < 1.29 is 14.3 Å². The van der Waals surface area contributed by atoms with Gasteiger partial charge in [0.25, 0.3) is 0 Å². The lowest BCUT2D eigenvalue weighted by Gasteiger charge is -2.41. The number of aryl methyl sites for hydroxylation is 1. The second-order valence-corrected chi connectivity index (χ2v) is 10.7. The molecule has 1 aliphatic heterocycles. The van der Waals surface area contributed by atoms with Crippen molar-refractivity contribution in [1.29, 1.82) is 0 Å². The Hall–Kier alpha value is -4.33. The Morgan fingerprint density at radius 1 is 1.00 bits per heavy atom. The van der Waals surface area contributed by atoms with Crippen LogP contribution in [0.4, 0.5) is 11.8 Å². The third-order valence-corrected chi connectivity index (χ3v) is 8.01. The van der Waals surface area contributed by atoms with Crippen LogP contribution < -0.4 is 25.4 Å². The molecule has 1 unspecified atom stereocenters. The number of benzene rings is 3. The van der Waals surface area contributed by atoms with Crippen LogP contribution in [0.15, 0.2) is 66.7 Å². The van der Waals surface area contributed by atoms with Crippen LogP contribution >= 0.6 is 0 Å². The van der Waals surface area contributed by atoms with Crippen LogP contribution in [-0.4, -0.2) is 43.2 Å². The number of aromatic nitrogens is 2. The number of hydrogen-bond donors (Lipinski definition) is 2. The predicted molar refractivity (Wildman–Crippen MR) is 159 cm³/mol. The summed E-state index contributed by atoms with van der Waals surface area (Å²) in [5.74, 6) is 2.18. The number of carbonyl (C=O) groups is 1. The van der Waals surface area contributed by atoms with Gasteiger partial charge in [-0.3, -0.25) is 4.79 Å². The number of nitrogen functional groups attached to an aromatic ring is 1. The van der Waals surface area contributed by atoms with Crippen molar-refractivity contribution in [2.24, 2.45) is 5.41 Å². The molecule has 1 saturated heterocycles. The molecule has 0 radical (unpaired) electrons. The smallest absolute Gasteiger partial charge is 0.227 e. The number of carbonyl (C=O) groups excluding carboxylic acids is 1. The first-order valence-electron chi connectivity index (χ1n) is 13.7. The van der Waals surface area contributed by atoms with E-state index in [1.807, 2.05) is 31.2 Å². The van der Waals surface area contributed by atoms with Crippen molar-refractivity contribution in [3.05, 3.63) is 83.4 Å². The van der Waals surface area contributed by atoms with Crippen molar-refractivity contribution >= 4 is 28.6 Å². The second-order valence-electron chi connectivity index (χ2n) is 10.7. The molecule has 1 aromatic heterocycles. The van der Waals surface area contributed by atoms with Gasteiger partial charge in [-0.05, 0) is 50.3 Å². The number of piperidine rings is 1. The molecule has 5 rings (SSSR count). The monoisotopic (exact) mass is 539 g/mol. The Bertz CT molecular complexity index is 1480. The minimum atomic E-state index is -0.546. The highest BCUT2D eigenvalue weighted by atomic mass is 16.5. The maximum absolute atomic E-state index is 14.0. The number of rotatable bonds is 8. The molecule has 3 N–H and O–H groups in total. The van der Waals surface area contributed by atoms with Crippen LogP contribution in [-0.2, 0) is 11.2 Å². The Balaban J connectivity index is 1.39. The van der Waals surface area contributed by atoms with E-state index in [0.29, 0.717) is 66.5 Å². The second kappa shape index (κ2) is 11.4. The fourth-order valence-corrected chi connectivity index (χ4v) is 5.50. The van der Waals surface area contributed by atoms with E-state index >= 15 is 0 Å². The van der Waals surface area contributed by atoms with E-state index in [0.717, 1.165) is 11.1 Å². The molecule has 40 heavy (non-hydrogen) atoms. The zero-order valence-corrected chi connectivity index (χ0v) is 23.6. The summed E-state index contributed by atoms with van der Waals surface area (Å²) >= 11 is 0. The largest absolute Gasteiger partial charge is 0.493 e. The van der Waals surface area contributed by atoms with Gasteiger partial charge in [-0.1, -0.05) is 60.2 Å². The highest BCUT2D eigenvalue weighted by Gasteiger charge is 2.42. The number of anilines is 2. The third-order valence-electron chi connectivity index (χ3n) is 8.01. The van der Waals surface area contributed by atoms with E-state index < -0.39 is 5.41 Å². The summed E-state index contributed by atoms with van der Waals surface area (Å²) in [5, 5.41) is 4.03. The number of nitrogens with two attached hydrogens (primary N) is 1. The number of amides is 1. The highest BCUT2D eigenvalue weighted by molar-refractivity contribution is 5.92. The van der Waals surface area contributed by atoms with Gasteiger partial charge in [0.2, 0.25) is 11.9 Å². The van der Waals surface area contributed by atoms with Gasteiger partial charge in [0.15, 0.2) is 11.5 Å². The number of fused-ring (bicyclic) bond motifs is 1. The van der Waals surface area contributed by atoms with Crippen molar-refractivity contribution in [2.45, 2.75) is 39.2 Å². The Morgan fingerprint density at radius 3 is 2.30 bits per heavy atom. The number of hydrogen-bond acceptors (Lipinski definition) is 7. The molecule has 3 aromatic carbocycles. The summed E-state index contributed by atoms with van der Waals surface area (Å²) in [5.41, 5.74) is 9.95. The minimum Gasteiger partial charge on any atom is -0.493 e. The molecule has 0 saturated carbocycles. The molecule has 4 aromatic rings. The molecule has 1 atom stereocenters. The maximum Gasteiger partial charge on any atom is 0.227 e. The molecular formula is C32H37N5O3. The van der Waals surface area contributed by atoms with Crippen molar-refractivity contribution in [3.8, 4) is 11.5 Å². The van der Waals surface area contributed by atoms with Crippen molar-refractivity contribution in [2.75, 3.05) is 37.9 Å². The van der Waals surface area contributed by atoms with Crippen molar-refractivity contribution in [3.63, 3.8) is 0 Å². The van der Waals surface area contributed by atoms with Crippen LogP contribution in [0.2, 0.25) is 0 Å². The standard InChI is InChI=1S/C32H37N5O3/c1-21-10-12-24(13-11-21)22(2)34-30(38)32(20-23-8-6-5-7-9-23)14-16-37(17-15-32)31-35-26-19-28(40-4)27(39-3)18-25(26)29(33)36-31/h5-13,18-19,22H,14-17,20H2,1-4H3,(H,34,38)(H2,33,35,36). The molecule has 0 aliphatic carbocycles. The Morgan fingerprint density at radius 2 is 1.65 bits per heavy atom. The topological polar surface area (TPSA) is 103 Å². The van der Waals surface area contributed by atoms with E-state index in [9.17, 15) is 4.79 Å². The normalized spacial score (nSPS) is 15.4. The molecule has 0 spiro atoms. The van der Waals surface area contributed by atoms with Crippen molar-refractivity contribution in [1.82, 2.24) is 15.3 Å². The predicted octanol–water partition coefficient (Wildman–Crippen LogP) is 5.24. The molecule has 1 amide bonds. The zero-order valence-electron chi connectivity index (χ0n) is 23.6. The first kappa shape index (κ1) is 27.2. The Kier molecular flexibility index (Phi) is 7.78. The average Bonchev–Trinajstić information content (AvgIpc) is 2.97. The van der Waals surface area contributed by atoms with Gasteiger partial charge in [-0.15, -0.1) is 0 Å². The summed E-state index contributed by atoms with van der Waals surface area (Å²) in [6, 6.07) is 22.1. The average molecular weight is 540 g/mol. The van der Waals surface area contributed by atoms with Crippen LogP contribution in [0.25, 0.3) is 10.9 Å². The van der Waals surface area contributed by atoms with Crippen LogP contribution in [0.1, 0.15) is 42.5 Å². The van der Waals surface area contributed by atoms with Crippen LogP contribution in [0.5, 0.6) is 11.5 Å². The Labute approximate surface area is 235 Å². The summed E-state index contributed by atoms with van der Waals surface area (Å²) < 4.78 is 10.9. The lowest BCUT2D eigenvalue weighted by atomic mass is 9.72. The van der Waals surface area contributed by atoms with Gasteiger partial charge < -0.3 is 25.4 Å². The molecule has 1 aliphatic rings. The number of nitrogens with one attached hydrogen (secondary N) is 1. The van der Waals surface area contributed by atoms with E-state index in [2.05, 4.69) is 58.5 Å². The summed E-state index contributed by atoms with van der Waals surface area (Å²) in [4.78, 5) is 25.5. The number of ether oxygens (including phenoxy) is 2. The van der Waals surface area contributed by atoms with E-state index in [-0.39, 0.29) is 11.9 Å². The number of nitrogens with zero attached hydrogens (tertiary/aromatic N) is 3. The molecule has 1 fully saturated rings. The van der Waals surface area contributed by atoms with Gasteiger partial charge in [0.05, 0.1) is 31.2 Å². The lowest BCUT2D eigenvalue weighted by Crippen LogP contribution is -2.51. The van der Waals surface area contributed by atoms with Gasteiger partial charge in [0.1, 0.15) is 5.82 Å². The quantitative estimate of drug-likeness (QED) is 0.315. The van der Waals surface area contributed by atoms with Crippen LogP contribution in [0, 0.1) is 12.3 Å². The fourth-order valence-electron chi connectivity index (χ4n) is 5.50. The van der Waals surface area contributed by atoms with E-state index in [1.54, 1.807) is 20.3 Å². The summed E-state index contributed by atoms with van der Waals surface area (Å²) in [6.07, 6.45) is 2.01. The fraction of sp³-hybridized carbons (Fsp3) is 0.344. The highest BCUT2D eigenvalue weighted by Crippen LogP contribution is 2.39. The number of methoxy groups -OCH3 is 2.